The second-order valence-corrected chi connectivity index (χ2v) is 11.3. The molecule has 1 aliphatic carbocycles. The van der Waals surface area contributed by atoms with Crippen LogP contribution in [0.15, 0.2) is 73.3 Å². The van der Waals surface area contributed by atoms with Crippen LogP contribution in [-0.2, 0) is 16.1 Å². The lowest BCUT2D eigenvalue weighted by Gasteiger charge is -2.16. The fourth-order valence-corrected chi connectivity index (χ4v) is 5.70. The first-order valence-corrected chi connectivity index (χ1v) is 14.7. The van der Waals surface area contributed by atoms with Gasteiger partial charge < -0.3 is 20.7 Å². The number of nitrogens with zero attached hydrogens (tertiary/aromatic N) is 5. The van der Waals surface area contributed by atoms with E-state index in [1.807, 2.05) is 42.6 Å². The van der Waals surface area contributed by atoms with E-state index in [-0.39, 0.29) is 18.1 Å². The number of hydrogen-bond acceptors (Lipinski definition) is 8. The first kappa shape index (κ1) is 29.2. The number of amides is 1. The number of hydrogen-bond donors (Lipinski definition) is 3. The van der Waals surface area contributed by atoms with Gasteiger partial charge in [0.2, 0.25) is 11.9 Å². The Bertz CT molecular complexity index is 1850. The molecule has 2 atom stereocenters. The minimum atomic E-state index is -1.04. The monoisotopic (exact) mass is 594 g/mol. The van der Waals surface area contributed by atoms with Crippen LogP contribution in [0, 0.1) is 0 Å². The molecule has 0 radical (unpaired) electrons. The summed E-state index contributed by atoms with van der Waals surface area (Å²) in [6.07, 6.45) is 6.74. The molecule has 3 heterocycles. The Morgan fingerprint density at radius 1 is 1.16 bits per heavy atom. The maximum Gasteiger partial charge on any atom is 0.283 e. The van der Waals surface area contributed by atoms with Gasteiger partial charge in [0, 0.05) is 48.1 Å². The molecule has 1 aliphatic rings. The van der Waals surface area contributed by atoms with Crippen molar-refractivity contribution < 1.29 is 13.9 Å². The van der Waals surface area contributed by atoms with Crippen molar-refractivity contribution in [1.29, 1.82) is 0 Å². The molecule has 6 rings (SSSR count). The number of anilines is 3. The van der Waals surface area contributed by atoms with Crippen molar-refractivity contribution >= 4 is 39.9 Å². The highest BCUT2D eigenvalue weighted by Gasteiger charge is 2.26. The number of aromatic nitrogens is 5. The van der Waals surface area contributed by atoms with E-state index in [0.717, 1.165) is 58.1 Å². The quantitative estimate of drug-likeness (QED) is 0.157. The van der Waals surface area contributed by atoms with Crippen molar-refractivity contribution in [2.75, 3.05) is 23.1 Å². The van der Waals surface area contributed by atoms with Crippen LogP contribution in [0.1, 0.15) is 50.2 Å². The van der Waals surface area contributed by atoms with E-state index in [1.54, 1.807) is 30.0 Å². The second-order valence-electron chi connectivity index (χ2n) is 11.3. The minimum Gasteiger partial charge on any atom is -0.381 e. The summed E-state index contributed by atoms with van der Waals surface area (Å²) in [5.41, 5.74) is 5.03. The Labute approximate surface area is 254 Å². The van der Waals surface area contributed by atoms with Gasteiger partial charge in [-0.05, 0) is 54.3 Å². The second kappa shape index (κ2) is 12.4. The first-order chi connectivity index (χ1) is 21.3. The van der Waals surface area contributed by atoms with Crippen LogP contribution in [0.2, 0.25) is 0 Å². The highest BCUT2D eigenvalue weighted by molar-refractivity contribution is 6.04. The maximum absolute atomic E-state index is 13.2. The number of carbonyl (C=O) groups excluding carboxylic acids is 1. The SMILES string of the molecule is C=C(F)C(=O)Nc1ccc2c(-c3ccccc3CNc3nc(N[C@H]4CCC(OC)C4)nc4c(C(C)C)cnn34)nccc2c1. The predicted molar refractivity (Wildman–Crippen MR) is 170 cm³/mol. The molecular weight excluding hydrogens is 559 g/mol. The first-order valence-electron chi connectivity index (χ1n) is 14.7. The molecule has 2 aromatic carbocycles. The molecule has 0 aliphatic heterocycles. The Morgan fingerprint density at radius 3 is 2.77 bits per heavy atom. The summed E-state index contributed by atoms with van der Waals surface area (Å²) < 4.78 is 20.6. The normalized spacial score (nSPS) is 16.5. The van der Waals surface area contributed by atoms with Crippen molar-refractivity contribution in [2.45, 2.75) is 57.7 Å². The van der Waals surface area contributed by atoms with Crippen molar-refractivity contribution in [2.24, 2.45) is 0 Å². The summed E-state index contributed by atoms with van der Waals surface area (Å²) in [4.78, 5) is 26.2. The van der Waals surface area contributed by atoms with Gasteiger partial charge in [-0.2, -0.15) is 19.6 Å². The molecule has 226 valence electrons. The van der Waals surface area contributed by atoms with Gasteiger partial charge in [0.25, 0.3) is 5.91 Å². The van der Waals surface area contributed by atoms with E-state index in [2.05, 4.69) is 41.5 Å². The Kier molecular flexibility index (Phi) is 8.21. The number of ether oxygens (including phenoxy) is 1. The van der Waals surface area contributed by atoms with Gasteiger partial charge in [-0.1, -0.05) is 50.8 Å². The predicted octanol–water partition coefficient (Wildman–Crippen LogP) is 6.48. The zero-order chi connectivity index (χ0) is 30.8. The molecule has 5 aromatic rings. The fourth-order valence-electron chi connectivity index (χ4n) is 5.70. The average molecular weight is 595 g/mol. The van der Waals surface area contributed by atoms with Crippen molar-refractivity contribution in [3.05, 3.63) is 84.5 Å². The number of halogens is 1. The summed E-state index contributed by atoms with van der Waals surface area (Å²) in [5.74, 6) is -0.518. The lowest BCUT2D eigenvalue weighted by atomic mass is 9.99. The fraction of sp³-hybridized carbons (Fsp3) is 0.303. The number of carbonyl (C=O) groups is 1. The summed E-state index contributed by atoms with van der Waals surface area (Å²) in [7, 11) is 1.76. The van der Waals surface area contributed by atoms with Crippen LogP contribution < -0.4 is 16.0 Å². The van der Waals surface area contributed by atoms with Crippen molar-refractivity contribution in [3.8, 4) is 11.3 Å². The van der Waals surface area contributed by atoms with E-state index in [4.69, 9.17) is 19.7 Å². The highest BCUT2D eigenvalue weighted by atomic mass is 19.1. The summed E-state index contributed by atoms with van der Waals surface area (Å²) in [6, 6.07) is 15.5. The number of pyridine rings is 1. The third-order valence-corrected chi connectivity index (χ3v) is 8.05. The lowest BCUT2D eigenvalue weighted by molar-refractivity contribution is -0.114. The molecule has 1 unspecified atom stereocenters. The average Bonchev–Trinajstić information content (AvgIpc) is 3.67. The Hall–Kier alpha value is -4.90. The summed E-state index contributed by atoms with van der Waals surface area (Å²) in [6.45, 7) is 7.77. The van der Waals surface area contributed by atoms with Gasteiger partial charge in [-0.15, -0.1) is 0 Å². The van der Waals surface area contributed by atoms with Crippen LogP contribution in [0.3, 0.4) is 0 Å². The maximum atomic E-state index is 13.2. The van der Waals surface area contributed by atoms with E-state index < -0.39 is 11.7 Å². The number of methoxy groups -OCH3 is 1. The van der Waals surface area contributed by atoms with Gasteiger partial charge in [0.15, 0.2) is 11.5 Å². The van der Waals surface area contributed by atoms with E-state index in [1.165, 1.54) is 0 Å². The van der Waals surface area contributed by atoms with Gasteiger partial charge in [0.05, 0.1) is 18.0 Å². The molecule has 10 nitrogen and oxygen atoms in total. The van der Waals surface area contributed by atoms with Crippen LogP contribution in [0.4, 0.5) is 22.0 Å². The van der Waals surface area contributed by atoms with Crippen LogP contribution in [0.5, 0.6) is 0 Å². The number of benzene rings is 2. The molecule has 0 spiro atoms. The molecule has 3 N–H and O–H groups in total. The lowest BCUT2D eigenvalue weighted by Crippen LogP contribution is -2.20. The summed E-state index contributed by atoms with van der Waals surface area (Å²) in [5, 5.41) is 15.9. The summed E-state index contributed by atoms with van der Waals surface area (Å²) >= 11 is 0. The minimum absolute atomic E-state index is 0.239. The molecule has 1 amide bonds. The zero-order valence-corrected chi connectivity index (χ0v) is 25.0. The molecule has 0 saturated heterocycles. The smallest absolute Gasteiger partial charge is 0.283 e. The van der Waals surface area contributed by atoms with Crippen molar-refractivity contribution in [1.82, 2.24) is 24.6 Å². The van der Waals surface area contributed by atoms with Crippen molar-refractivity contribution in [3.63, 3.8) is 0 Å². The highest BCUT2D eigenvalue weighted by Crippen LogP contribution is 2.32. The van der Waals surface area contributed by atoms with Gasteiger partial charge in [-0.3, -0.25) is 9.78 Å². The molecule has 3 aromatic heterocycles. The van der Waals surface area contributed by atoms with Gasteiger partial charge in [0.1, 0.15) is 0 Å². The van der Waals surface area contributed by atoms with E-state index >= 15 is 0 Å². The molecule has 0 bridgehead atoms. The number of nitrogens with one attached hydrogen (secondary N) is 3. The van der Waals surface area contributed by atoms with Gasteiger partial charge in [-0.25, -0.2) is 4.39 Å². The zero-order valence-electron chi connectivity index (χ0n) is 25.0. The Balaban J connectivity index is 1.31. The Morgan fingerprint density at radius 2 is 2.00 bits per heavy atom. The van der Waals surface area contributed by atoms with Gasteiger partial charge >= 0.3 is 0 Å². The van der Waals surface area contributed by atoms with Crippen LogP contribution >= 0.6 is 0 Å². The van der Waals surface area contributed by atoms with Crippen LogP contribution in [0.25, 0.3) is 27.7 Å². The van der Waals surface area contributed by atoms with Crippen LogP contribution in [-0.4, -0.2) is 49.7 Å². The van der Waals surface area contributed by atoms with E-state index in [0.29, 0.717) is 24.1 Å². The number of rotatable bonds is 10. The standard InChI is InChI=1S/C33H35FN8O2/c1-19(2)28-18-37-42-30(28)40-32(39-24-9-11-25(16-24)44-4)41-33(42)36-17-22-7-5-6-8-26(22)29-27-12-10-23(38-31(43)20(3)34)15-21(27)13-14-35-29/h5-8,10,12-15,18-19,24-25H,3,9,11,16-17H2,1-2,4H3,(H,38,43)(H2,36,39,40,41)/t24-,25?/m0/s1. The number of fused-ring (bicyclic) bond motifs is 2. The molecule has 44 heavy (non-hydrogen) atoms. The molecule has 11 heteroatoms. The molecular formula is C33H35FN8O2. The topological polar surface area (TPSA) is 118 Å². The third kappa shape index (κ3) is 5.96. The third-order valence-electron chi connectivity index (χ3n) is 8.05. The molecule has 1 saturated carbocycles. The molecule has 1 fully saturated rings. The largest absolute Gasteiger partial charge is 0.381 e. The van der Waals surface area contributed by atoms with E-state index in [9.17, 15) is 9.18 Å².